The van der Waals surface area contributed by atoms with Crippen LogP contribution in [-0.4, -0.2) is 9.97 Å². The van der Waals surface area contributed by atoms with E-state index in [1.165, 1.54) is 0 Å². The predicted octanol–water partition coefficient (Wildman–Crippen LogP) is 4.12. The van der Waals surface area contributed by atoms with Crippen molar-refractivity contribution in [1.29, 1.82) is 0 Å². The number of fused-ring (bicyclic) bond motifs is 1. The van der Waals surface area contributed by atoms with Crippen LogP contribution < -0.4 is 5.73 Å². The van der Waals surface area contributed by atoms with Gasteiger partial charge in [-0.05, 0) is 36.4 Å². The van der Waals surface area contributed by atoms with Crippen molar-refractivity contribution in [2.75, 3.05) is 5.73 Å². The number of nitrogens with one attached hydrogen (secondary N) is 1. The van der Waals surface area contributed by atoms with E-state index in [9.17, 15) is 0 Å². The van der Waals surface area contributed by atoms with E-state index in [2.05, 4.69) is 9.97 Å². The molecule has 1 heterocycles. The quantitative estimate of drug-likeness (QED) is 0.658. The molecule has 5 heteroatoms. The van der Waals surface area contributed by atoms with Crippen molar-refractivity contribution >= 4 is 39.9 Å². The summed E-state index contributed by atoms with van der Waals surface area (Å²) >= 11 is 12.1. The first-order valence-corrected chi connectivity index (χ1v) is 6.10. The highest BCUT2D eigenvalue weighted by atomic mass is 35.5. The average Bonchev–Trinajstić information content (AvgIpc) is 2.80. The van der Waals surface area contributed by atoms with Crippen molar-refractivity contribution in [1.82, 2.24) is 9.97 Å². The number of imidazole rings is 1. The highest BCUT2D eigenvalue weighted by Crippen LogP contribution is 2.31. The van der Waals surface area contributed by atoms with Gasteiger partial charge in [0.25, 0.3) is 0 Å². The Balaban J connectivity index is 2.19. The minimum Gasteiger partial charge on any atom is -0.399 e. The smallest absolute Gasteiger partial charge is 0.138 e. The van der Waals surface area contributed by atoms with E-state index in [0.717, 1.165) is 22.6 Å². The molecule has 0 atom stereocenters. The van der Waals surface area contributed by atoms with Crippen LogP contribution in [0, 0.1) is 0 Å². The third kappa shape index (κ3) is 1.82. The van der Waals surface area contributed by atoms with Crippen LogP contribution in [0.25, 0.3) is 22.4 Å². The molecule has 0 aliphatic carbocycles. The summed E-state index contributed by atoms with van der Waals surface area (Å²) in [4.78, 5) is 7.66. The summed E-state index contributed by atoms with van der Waals surface area (Å²) in [5.41, 5.74) is 8.86. The van der Waals surface area contributed by atoms with Crippen LogP contribution in [0.2, 0.25) is 10.0 Å². The molecule has 3 nitrogen and oxygen atoms in total. The van der Waals surface area contributed by atoms with Crippen LogP contribution in [-0.2, 0) is 0 Å². The van der Waals surface area contributed by atoms with Gasteiger partial charge >= 0.3 is 0 Å². The van der Waals surface area contributed by atoms with Gasteiger partial charge in [0.1, 0.15) is 11.3 Å². The lowest BCUT2D eigenvalue weighted by atomic mass is 10.2. The van der Waals surface area contributed by atoms with Crippen molar-refractivity contribution in [3.8, 4) is 11.4 Å². The summed E-state index contributed by atoms with van der Waals surface area (Å²) in [6.45, 7) is 0. The molecule has 3 aromatic rings. The summed E-state index contributed by atoms with van der Waals surface area (Å²) in [6, 6.07) is 11.1. The molecule has 0 saturated carbocycles. The van der Waals surface area contributed by atoms with Crippen LogP contribution in [0.15, 0.2) is 36.4 Å². The van der Waals surface area contributed by atoms with Gasteiger partial charge in [0, 0.05) is 11.3 Å². The number of H-pyrrole nitrogens is 1. The number of hydrogen-bond acceptors (Lipinski definition) is 2. The van der Waals surface area contributed by atoms with Gasteiger partial charge in [0.2, 0.25) is 0 Å². The maximum Gasteiger partial charge on any atom is 0.138 e. The molecule has 0 saturated heterocycles. The van der Waals surface area contributed by atoms with Crippen LogP contribution in [0.1, 0.15) is 0 Å². The summed E-state index contributed by atoms with van der Waals surface area (Å²) < 4.78 is 0. The molecule has 90 valence electrons. The summed E-state index contributed by atoms with van der Waals surface area (Å²) in [5, 5.41) is 0.964. The Hall–Kier alpha value is -1.71. The van der Waals surface area contributed by atoms with Crippen LogP contribution in [0.3, 0.4) is 0 Å². The van der Waals surface area contributed by atoms with E-state index in [4.69, 9.17) is 28.9 Å². The van der Waals surface area contributed by atoms with E-state index in [-0.39, 0.29) is 0 Å². The van der Waals surface area contributed by atoms with E-state index in [1.807, 2.05) is 30.3 Å². The van der Waals surface area contributed by atoms with Gasteiger partial charge in [-0.1, -0.05) is 23.2 Å². The third-order valence-electron chi connectivity index (χ3n) is 2.73. The Labute approximate surface area is 114 Å². The zero-order valence-electron chi connectivity index (χ0n) is 9.24. The molecule has 3 N–H and O–H groups in total. The van der Waals surface area contributed by atoms with E-state index in [0.29, 0.717) is 15.6 Å². The first kappa shape index (κ1) is 11.4. The second kappa shape index (κ2) is 4.19. The number of aromatic nitrogens is 2. The maximum absolute atomic E-state index is 6.12. The van der Waals surface area contributed by atoms with Gasteiger partial charge < -0.3 is 10.7 Å². The van der Waals surface area contributed by atoms with Crippen molar-refractivity contribution in [2.24, 2.45) is 0 Å². The Kier molecular flexibility index (Phi) is 2.65. The van der Waals surface area contributed by atoms with Crippen molar-refractivity contribution in [3.05, 3.63) is 46.4 Å². The number of nitrogens with zero attached hydrogens (tertiary/aromatic N) is 1. The van der Waals surface area contributed by atoms with E-state index < -0.39 is 0 Å². The molecule has 0 radical (unpaired) electrons. The molecular formula is C13H9Cl2N3. The third-order valence-corrected chi connectivity index (χ3v) is 3.52. The average molecular weight is 278 g/mol. The molecule has 0 fully saturated rings. The monoisotopic (exact) mass is 277 g/mol. The van der Waals surface area contributed by atoms with Crippen LogP contribution >= 0.6 is 23.2 Å². The zero-order valence-corrected chi connectivity index (χ0v) is 10.8. The maximum atomic E-state index is 6.12. The fraction of sp³-hybridized carbons (Fsp3) is 0. The van der Waals surface area contributed by atoms with E-state index in [1.54, 1.807) is 6.07 Å². The zero-order chi connectivity index (χ0) is 12.7. The Bertz CT molecular complexity index is 717. The molecule has 2 aromatic carbocycles. The molecular weight excluding hydrogens is 269 g/mol. The Morgan fingerprint density at radius 2 is 1.72 bits per heavy atom. The molecule has 1 aromatic heterocycles. The van der Waals surface area contributed by atoms with Gasteiger partial charge in [0.05, 0.1) is 15.6 Å². The van der Waals surface area contributed by atoms with Gasteiger partial charge in [-0.2, -0.15) is 0 Å². The fourth-order valence-corrected chi connectivity index (χ4v) is 2.15. The normalized spacial score (nSPS) is 11.0. The number of anilines is 1. The number of nitrogen functional groups attached to an aromatic ring is 1. The molecule has 3 rings (SSSR count). The number of nitrogens with two attached hydrogens (primary N) is 1. The summed E-state index contributed by atoms with van der Waals surface area (Å²) in [6.07, 6.45) is 0. The highest BCUT2D eigenvalue weighted by molar-refractivity contribution is 6.44. The van der Waals surface area contributed by atoms with Gasteiger partial charge in [-0.15, -0.1) is 0 Å². The molecule has 0 bridgehead atoms. The van der Waals surface area contributed by atoms with Gasteiger partial charge in [0.15, 0.2) is 0 Å². The second-order valence-electron chi connectivity index (χ2n) is 3.96. The SMILES string of the molecule is Nc1ccc(-c2nc3c(Cl)c(Cl)ccc3[nH]2)cc1. The number of benzene rings is 2. The Morgan fingerprint density at radius 1 is 1.00 bits per heavy atom. The summed E-state index contributed by atoms with van der Waals surface area (Å²) in [5.74, 6) is 0.745. The van der Waals surface area contributed by atoms with Gasteiger partial charge in [-0.3, -0.25) is 0 Å². The fourth-order valence-electron chi connectivity index (χ4n) is 1.80. The molecule has 0 aliphatic rings. The van der Waals surface area contributed by atoms with Crippen LogP contribution in [0.5, 0.6) is 0 Å². The first-order valence-electron chi connectivity index (χ1n) is 5.35. The number of hydrogen-bond donors (Lipinski definition) is 2. The topological polar surface area (TPSA) is 54.7 Å². The van der Waals surface area contributed by atoms with Crippen LogP contribution in [0.4, 0.5) is 5.69 Å². The molecule has 18 heavy (non-hydrogen) atoms. The number of rotatable bonds is 1. The lowest BCUT2D eigenvalue weighted by Gasteiger charge is -1.96. The van der Waals surface area contributed by atoms with E-state index >= 15 is 0 Å². The van der Waals surface area contributed by atoms with Gasteiger partial charge in [-0.25, -0.2) is 4.98 Å². The summed E-state index contributed by atoms with van der Waals surface area (Å²) in [7, 11) is 0. The molecule has 0 spiro atoms. The van der Waals surface area contributed by atoms with Crippen molar-refractivity contribution < 1.29 is 0 Å². The Morgan fingerprint density at radius 3 is 2.44 bits per heavy atom. The standard InChI is InChI=1S/C13H9Cl2N3/c14-9-5-6-10-12(11(9)15)18-13(17-10)7-1-3-8(16)4-2-7/h1-6H,16H2,(H,17,18). The lowest BCUT2D eigenvalue weighted by molar-refractivity contribution is 1.34. The molecule has 0 aliphatic heterocycles. The lowest BCUT2D eigenvalue weighted by Crippen LogP contribution is -1.84. The predicted molar refractivity (Wildman–Crippen MR) is 76.0 cm³/mol. The second-order valence-corrected chi connectivity index (χ2v) is 4.75. The minimum absolute atomic E-state index is 0.465. The largest absolute Gasteiger partial charge is 0.399 e. The molecule has 0 amide bonds. The molecule has 0 unspecified atom stereocenters. The van der Waals surface area contributed by atoms with Crippen molar-refractivity contribution in [3.63, 3.8) is 0 Å². The number of halogens is 2. The minimum atomic E-state index is 0.465. The highest BCUT2D eigenvalue weighted by Gasteiger charge is 2.10. The first-order chi connectivity index (χ1) is 8.65. The number of aromatic amines is 1. The van der Waals surface area contributed by atoms with Crippen molar-refractivity contribution in [2.45, 2.75) is 0 Å².